The largest absolute Gasteiger partial charge is 0.493 e. The Morgan fingerprint density at radius 2 is 1.96 bits per heavy atom. The van der Waals surface area contributed by atoms with E-state index in [1.165, 1.54) is 11.1 Å². The van der Waals surface area contributed by atoms with E-state index in [1.807, 2.05) is 6.07 Å². The molecule has 0 saturated carbocycles. The molecule has 1 aromatic carbocycles. The van der Waals surface area contributed by atoms with Crippen molar-refractivity contribution in [3.8, 4) is 11.5 Å². The lowest BCUT2D eigenvalue weighted by atomic mass is 9.99. The standard InChI is InChI=1S/C17H23N5O3.HI/c1-11-20-16(25-21-11)9-19-17(18-2)22-6-5-12-7-14(23-3)15(24-4)8-13(12)10-22;/h7-8H,5-6,9-10H2,1-4H3,(H,18,19);1H. The number of benzene rings is 1. The Labute approximate surface area is 170 Å². The Morgan fingerprint density at radius 1 is 1.27 bits per heavy atom. The molecule has 3 rings (SSSR count). The SMILES string of the molecule is CN=C(NCc1nc(C)no1)N1CCc2cc(OC)c(OC)cc2C1.I. The van der Waals surface area contributed by atoms with E-state index in [-0.39, 0.29) is 24.0 Å². The molecular formula is C17H24IN5O3. The molecule has 0 fully saturated rings. The molecule has 0 amide bonds. The maximum atomic E-state index is 5.42. The Bertz CT molecular complexity index is 778. The van der Waals surface area contributed by atoms with Crippen molar-refractivity contribution in [2.45, 2.75) is 26.4 Å². The lowest BCUT2D eigenvalue weighted by Gasteiger charge is -2.32. The minimum atomic E-state index is 0. The van der Waals surface area contributed by atoms with Crippen molar-refractivity contribution in [1.82, 2.24) is 20.4 Å². The number of methoxy groups -OCH3 is 2. The van der Waals surface area contributed by atoms with E-state index in [2.05, 4.69) is 31.4 Å². The van der Waals surface area contributed by atoms with Crippen molar-refractivity contribution in [1.29, 1.82) is 0 Å². The summed E-state index contributed by atoms with van der Waals surface area (Å²) in [7, 11) is 5.08. The molecule has 0 aliphatic carbocycles. The minimum Gasteiger partial charge on any atom is -0.493 e. The second-order valence-corrected chi connectivity index (χ2v) is 5.78. The van der Waals surface area contributed by atoms with Crippen LogP contribution in [0.5, 0.6) is 11.5 Å². The molecule has 0 bridgehead atoms. The number of hydrogen-bond acceptors (Lipinski definition) is 6. The number of nitrogens with zero attached hydrogens (tertiary/aromatic N) is 4. The number of ether oxygens (including phenoxy) is 2. The first kappa shape index (κ1) is 20.3. The number of halogens is 1. The van der Waals surface area contributed by atoms with Gasteiger partial charge < -0.3 is 24.2 Å². The molecule has 8 nitrogen and oxygen atoms in total. The maximum Gasteiger partial charge on any atom is 0.246 e. The van der Waals surface area contributed by atoms with Crippen LogP contribution in [0.3, 0.4) is 0 Å². The highest BCUT2D eigenvalue weighted by atomic mass is 127. The summed E-state index contributed by atoms with van der Waals surface area (Å²) in [6.45, 7) is 3.86. The monoisotopic (exact) mass is 473 g/mol. The van der Waals surface area contributed by atoms with Gasteiger partial charge in [-0.05, 0) is 36.6 Å². The minimum absolute atomic E-state index is 0. The smallest absolute Gasteiger partial charge is 0.246 e. The van der Waals surface area contributed by atoms with Crippen LogP contribution >= 0.6 is 24.0 Å². The first-order valence-electron chi connectivity index (χ1n) is 8.13. The summed E-state index contributed by atoms with van der Waals surface area (Å²) < 4.78 is 15.9. The Morgan fingerprint density at radius 3 is 2.54 bits per heavy atom. The van der Waals surface area contributed by atoms with Gasteiger partial charge in [0, 0.05) is 20.1 Å². The van der Waals surface area contributed by atoms with Crippen LogP contribution in [0.4, 0.5) is 0 Å². The van der Waals surface area contributed by atoms with Crippen LogP contribution in [0.2, 0.25) is 0 Å². The van der Waals surface area contributed by atoms with Crippen LogP contribution < -0.4 is 14.8 Å². The number of rotatable bonds is 4. The Hall–Kier alpha value is -2.04. The third-order valence-electron chi connectivity index (χ3n) is 4.20. The molecule has 0 atom stereocenters. The van der Waals surface area contributed by atoms with Crippen LogP contribution in [0.15, 0.2) is 21.6 Å². The van der Waals surface area contributed by atoms with Gasteiger partial charge in [0.2, 0.25) is 5.89 Å². The first-order chi connectivity index (χ1) is 12.1. The third-order valence-corrected chi connectivity index (χ3v) is 4.20. The molecule has 0 spiro atoms. The van der Waals surface area contributed by atoms with E-state index in [1.54, 1.807) is 28.2 Å². The molecule has 1 aromatic heterocycles. The topological polar surface area (TPSA) is 85.0 Å². The number of aliphatic imine (C=N–C) groups is 1. The van der Waals surface area contributed by atoms with Crippen molar-refractivity contribution in [3.63, 3.8) is 0 Å². The molecule has 142 valence electrons. The quantitative estimate of drug-likeness (QED) is 0.414. The van der Waals surface area contributed by atoms with Crippen molar-refractivity contribution >= 4 is 29.9 Å². The molecule has 2 heterocycles. The zero-order chi connectivity index (χ0) is 17.8. The van der Waals surface area contributed by atoms with Gasteiger partial charge in [0.15, 0.2) is 23.3 Å². The molecule has 9 heteroatoms. The summed E-state index contributed by atoms with van der Waals surface area (Å²) in [5.41, 5.74) is 2.48. The van der Waals surface area contributed by atoms with Crippen molar-refractivity contribution < 1.29 is 14.0 Å². The predicted molar refractivity (Wildman–Crippen MR) is 108 cm³/mol. The first-order valence-corrected chi connectivity index (χ1v) is 8.13. The predicted octanol–water partition coefficient (Wildman–Crippen LogP) is 2.15. The van der Waals surface area contributed by atoms with Crippen molar-refractivity contribution in [2.75, 3.05) is 27.8 Å². The molecule has 1 aliphatic heterocycles. The molecule has 0 unspecified atom stereocenters. The average Bonchev–Trinajstić information content (AvgIpc) is 3.06. The molecule has 1 N–H and O–H groups in total. The highest BCUT2D eigenvalue weighted by Crippen LogP contribution is 2.33. The maximum absolute atomic E-state index is 5.42. The molecule has 1 aliphatic rings. The van der Waals surface area contributed by atoms with Gasteiger partial charge in [0.1, 0.15) is 0 Å². The van der Waals surface area contributed by atoms with Gasteiger partial charge >= 0.3 is 0 Å². The number of aromatic nitrogens is 2. The third kappa shape index (κ3) is 4.37. The van der Waals surface area contributed by atoms with Crippen LogP contribution in [-0.4, -0.2) is 48.8 Å². The van der Waals surface area contributed by atoms with Gasteiger partial charge in [-0.2, -0.15) is 4.98 Å². The highest BCUT2D eigenvalue weighted by Gasteiger charge is 2.22. The molecule has 0 saturated heterocycles. The zero-order valence-electron chi connectivity index (χ0n) is 15.4. The van der Waals surface area contributed by atoms with Crippen LogP contribution in [0.25, 0.3) is 0 Å². The van der Waals surface area contributed by atoms with Gasteiger partial charge in [-0.1, -0.05) is 5.16 Å². The summed E-state index contributed by atoms with van der Waals surface area (Å²) in [5, 5.41) is 7.07. The fourth-order valence-electron chi connectivity index (χ4n) is 2.96. The number of guanidine groups is 1. The summed E-state index contributed by atoms with van der Waals surface area (Å²) in [6, 6.07) is 4.10. The number of aryl methyl sites for hydroxylation is 1. The lowest BCUT2D eigenvalue weighted by molar-refractivity contribution is 0.342. The summed E-state index contributed by atoms with van der Waals surface area (Å²) >= 11 is 0. The number of fused-ring (bicyclic) bond motifs is 1. The number of nitrogens with one attached hydrogen (secondary N) is 1. The zero-order valence-corrected chi connectivity index (χ0v) is 17.7. The average molecular weight is 473 g/mol. The van der Waals surface area contributed by atoms with Gasteiger partial charge in [0.05, 0.1) is 20.8 Å². The van der Waals surface area contributed by atoms with E-state index in [0.29, 0.717) is 18.3 Å². The van der Waals surface area contributed by atoms with Crippen LogP contribution in [0, 0.1) is 6.92 Å². The fourth-order valence-corrected chi connectivity index (χ4v) is 2.96. The van der Waals surface area contributed by atoms with Crippen LogP contribution in [0.1, 0.15) is 22.8 Å². The molecular weight excluding hydrogens is 449 g/mol. The van der Waals surface area contributed by atoms with Crippen LogP contribution in [-0.2, 0) is 19.5 Å². The second-order valence-electron chi connectivity index (χ2n) is 5.78. The summed E-state index contributed by atoms with van der Waals surface area (Å²) in [6.07, 6.45) is 0.913. The number of hydrogen-bond donors (Lipinski definition) is 1. The fraction of sp³-hybridized carbons (Fsp3) is 0.471. The van der Waals surface area contributed by atoms with Gasteiger partial charge in [-0.3, -0.25) is 4.99 Å². The van der Waals surface area contributed by atoms with E-state index >= 15 is 0 Å². The Kier molecular flexibility index (Phi) is 7.06. The summed E-state index contributed by atoms with van der Waals surface area (Å²) in [4.78, 5) is 10.8. The van der Waals surface area contributed by atoms with E-state index < -0.39 is 0 Å². The van der Waals surface area contributed by atoms with E-state index in [0.717, 1.165) is 37.0 Å². The lowest BCUT2D eigenvalue weighted by Crippen LogP contribution is -2.43. The van der Waals surface area contributed by atoms with Crippen molar-refractivity contribution in [3.05, 3.63) is 35.0 Å². The molecule has 26 heavy (non-hydrogen) atoms. The molecule has 0 radical (unpaired) electrons. The van der Waals surface area contributed by atoms with E-state index in [9.17, 15) is 0 Å². The van der Waals surface area contributed by atoms with Gasteiger partial charge in [0.25, 0.3) is 0 Å². The van der Waals surface area contributed by atoms with Crippen molar-refractivity contribution in [2.24, 2.45) is 4.99 Å². The normalized spacial score (nSPS) is 13.7. The second kappa shape index (κ2) is 9.06. The van der Waals surface area contributed by atoms with Gasteiger partial charge in [-0.15, -0.1) is 24.0 Å². The highest BCUT2D eigenvalue weighted by molar-refractivity contribution is 14.0. The Balaban J connectivity index is 0.00000243. The van der Waals surface area contributed by atoms with E-state index in [4.69, 9.17) is 14.0 Å². The summed E-state index contributed by atoms with van der Waals surface area (Å²) in [5.74, 6) is 3.48. The molecule has 2 aromatic rings. The van der Waals surface area contributed by atoms with Gasteiger partial charge in [-0.25, -0.2) is 0 Å².